The van der Waals surface area contributed by atoms with Gasteiger partial charge in [0.15, 0.2) is 5.78 Å². The zero-order valence-electron chi connectivity index (χ0n) is 12.9. The van der Waals surface area contributed by atoms with Gasteiger partial charge in [0.2, 0.25) is 12.0 Å². The molecule has 0 unspecified atom stereocenters. The molecule has 1 fully saturated rings. The minimum atomic E-state index is -4.78. The van der Waals surface area contributed by atoms with E-state index in [-0.39, 0.29) is 5.56 Å². The zero-order chi connectivity index (χ0) is 17.1. The van der Waals surface area contributed by atoms with Gasteiger partial charge < -0.3 is 14.2 Å². The maximum absolute atomic E-state index is 13.5. The van der Waals surface area contributed by atoms with Crippen LogP contribution >= 0.6 is 0 Å². The van der Waals surface area contributed by atoms with Crippen molar-refractivity contribution in [1.29, 1.82) is 0 Å². The third kappa shape index (κ3) is 2.30. The zero-order valence-corrected chi connectivity index (χ0v) is 12.9. The molecule has 0 bridgehead atoms. The van der Waals surface area contributed by atoms with E-state index in [0.717, 1.165) is 5.56 Å². The first-order valence-electron chi connectivity index (χ1n) is 7.78. The molecule has 0 aliphatic carbocycles. The molecule has 0 aromatic heterocycles. The van der Waals surface area contributed by atoms with E-state index in [4.69, 9.17) is 14.2 Å². The van der Waals surface area contributed by atoms with Gasteiger partial charge in [0.1, 0.15) is 11.9 Å². The Hall–Kier alpha value is -2.02. The van der Waals surface area contributed by atoms with Crippen LogP contribution in [0.15, 0.2) is 29.5 Å². The van der Waals surface area contributed by atoms with Crippen molar-refractivity contribution in [3.63, 3.8) is 0 Å². The van der Waals surface area contributed by atoms with Crippen LogP contribution in [-0.2, 0) is 9.47 Å². The van der Waals surface area contributed by atoms with Gasteiger partial charge in [0.25, 0.3) is 0 Å². The minimum absolute atomic E-state index is 0.141. The monoisotopic (exact) mass is 340 g/mol. The molecule has 128 valence electrons. The van der Waals surface area contributed by atoms with Crippen LogP contribution in [-0.4, -0.2) is 31.0 Å². The molecule has 0 radical (unpaired) electrons. The number of ether oxygens (including phenoxy) is 3. The molecule has 0 N–H and O–H groups in total. The lowest BCUT2D eigenvalue weighted by Gasteiger charge is -2.44. The number of hydrogen-bond acceptors (Lipinski definition) is 4. The quantitative estimate of drug-likeness (QED) is 0.725. The van der Waals surface area contributed by atoms with Crippen LogP contribution in [0.4, 0.5) is 13.2 Å². The number of Topliss-reactive ketones (excluding diaryl/α,β-unsaturated/α-hetero) is 1. The summed E-state index contributed by atoms with van der Waals surface area (Å²) in [6, 6.07) is 4.93. The van der Waals surface area contributed by atoms with Crippen LogP contribution < -0.4 is 4.74 Å². The van der Waals surface area contributed by atoms with E-state index in [1.54, 1.807) is 25.1 Å². The van der Waals surface area contributed by atoms with Crippen LogP contribution in [0, 0.1) is 12.8 Å². The van der Waals surface area contributed by atoms with Crippen molar-refractivity contribution < 1.29 is 32.2 Å². The highest BCUT2D eigenvalue weighted by molar-refractivity contribution is 6.12. The number of rotatable bonds is 0. The van der Waals surface area contributed by atoms with E-state index < -0.39 is 41.6 Å². The Balaban J connectivity index is 1.89. The maximum Gasteiger partial charge on any atom is 0.449 e. The molecule has 4 nitrogen and oxygen atoms in total. The number of alkyl halides is 3. The van der Waals surface area contributed by atoms with Crippen molar-refractivity contribution in [1.82, 2.24) is 0 Å². The van der Waals surface area contributed by atoms with Crippen molar-refractivity contribution >= 4 is 5.78 Å². The largest absolute Gasteiger partial charge is 0.484 e. The molecule has 1 aromatic rings. The van der Waals surface area contributed by atoms with E-state index in [1.165, 1.54) is 0 Å². The van der Waals surface area contributed by atoms with E-state index >= 15 is 0 Å². The van der Waals surface area contributed by atoms with E-state index in [2.05, 4.69) is 0 Å². The number of ketones is 1. The second kappa shape index (κ2) is 5.24. The number of halogens is 3. The summed E-state index contributed by atoms with van der Waals surface area (Å²) in [6.07, 6.45) is -5.54. The molecule has 7 heteroatoms. The van der Waals surface area contributed by atoms with Gasteiger partial charge in [-0.25, -0.2) is 0 Å². The molecular formula is C17H15F3O4. The summed E-state index contributed by atoms with van der Waals surface area (Å²) in [7, 11) is 0. The highest BCUT2D eigenvalue weighted by Gasteiger charge is 2.54. The summed E-state index contributed by atoms with van der Waals surface area (Å²) in [5.74, 6) is -2.08. The van der Waals surface area contributed by atoms with Gasteiger partial charge >= 0.3 is 6.18 Å². The Labute approximate surface area is 136 Å². The summed E-state index contributed by atoms with van der Waals surface area (Å²) >= 11 is 0. The van der Waals surface area contributed by atoms with Gasteiger partial charge in [0.05, 0.1) is 23.7 Å². The Morgan fingerprint density at radius 3 is 2.75 bits per heavy atom. The van der Waals surface area contributed by atoms with Crippen molar-refractivity contribution in [2.75, 3.05) is 6.61 Å². The third-order valence-electron chi connectivity index (χ3n) is 4.60. The summed E-state index contributed by atoms with van der Waals surface area (Å²) < 4.78 is 56.6. The summed E-state index contributed by atoms with van der Waals surface area (Å²) in [5.41, 5.74) is 0.475. The smallest absolute Gasteiger partial charge is 0.449 e. The van der Waals surface area contributed by atoms with E-state index in [0.29, 0.717) is 25.2 Å². The lowest BCUT2D eigenvalue weighted by molar-refractivity contribution is -0.236. The SMILES string of the molecule is Cc1ccc2c(c1)C(=O)C1=C(C(F)(F)F)O[C@H]3OCCC[C@H]3[C@H]1O2. The molecule has 3 heterocycles. The molecule has 24 heavy (non-hydrogen) atoms. The van der Waals surface area contributed by atoms with Gasteiger partial charge in [-0.05, 0) is 31.9 Å². The number of carbonyl (C=O) groups excluding carboxylic acids is 1. The molecule has 0 amide bonds. The second-order valence-electron chi connectivity index (χ2n) is 6.27. The fraction of sp³-hybridized carbons (Fsp3) is 0.471. The molecule has 0 saturated carbocycles. The number of aryl methyl sites for hydroxylation is 1. The number of fused-ring (bicyclic) bond motifs is 4. The number of carbonyl (C=O) groups is 1. The van der Waals surface area contributed by atoms with Gasteiger partial charge in [-0.1, -0.05) is 11.6 Å². The first kappa shape index (κ1) is 15.5. The molecule has 0 spiro atoms. The Morgan fingerprint density at radius 1 is 1.21 bits per heavy atom. The first-order valence-corrected chi connectivity index (χ1v) is 7.78. The lowest BCUT2D eigenvalue weighted by atomic mass is 9.81. The van der Waals surface area contributed by atoms with Crippen LogP contribution in [0.5, 0.6) is 5.75 Å². The van der Waals surface area contributed by atoms with Gasteiger partial charge in [0, 0.05) is 0 Å². The topological polar surface area (TPSA) is 44.8 Å². The Morgan fingerprint density at radius 2 is 2.00 bits per heavy atom. The fourth-order valence-corrected chi connectivity index (χ4v) is 3.52. The van der Waals surface area contributed by atoms with Crippen LogP contribution in [0.3, 0.4) is 0 Å². The fourth-order valence-electron chi connectivity index (χ4n) is 3.52. The van der Waals surface area contributed by atoms with Crippen molar-refractivity contribution in [3.8, 4) is 5.75 Å². The highest BCUT2D eigenvalue weighted by Crippen LogP contribution is 2.46. The van der Waals surface area contributed by atoms with E-state index in [9.17, 15) is 18.0 Å². The number of benzene rings is 1. The molecule has 4 rings (SSSR count). The molecule has 1 saturated heterocycles. The van der Waals surface area contributed by atoms with Crippen molar-refractivity contribution in [3.05, 3.63) is 40.7 Å². The molecular weight excluding hydrogens is 325 g/mol. The summed E-state index contributed by atoms with van der Waals surface area (Å²) in [5, 5.41) is 0. The standard InChI is InChI=1S/C17H15F3O4/c1-8-4-5-11-10(7-8)13(21)12-14(23-11)9-3-2-6-22-16(9)24-15(12)17(18,19)20/h4-5,7,9,14,16H,2-3,6H2,1H3/t9-,14+,16+/m0/s1. The lowest BCUT2D eigenvalue weighted by Crippen LogP contribution is -2.51. The van der Waals surface area contributed by atoms with Crippen molar-refractivity contribution in [2.24, 2.45) is 5.92 Å². The van der Waals surface area contributed by atoms with Gasteiger partial charge in [-0.3, -0.25) is 4.79 Å². The van der Waals surface area contributed by atoms with Crippen molar-refractivity contribution in [2.45, 2.75) is 38.3 Å². The van der Waals surface area contributed by atoms with Crippen LogP contribution in [0.2, 0.25) is 0 Å². The average Bonchev–Trinajstić information content (AvgIpc) is 2.54. The molecule has 3 atom stereocenters. The van der Waals surface area contributed by atoms with Gasteiger partial charge in [-0.15, -0.1) is 0 Å². The predicted molar refractivity (Wildman–Crippen MR) is 76.6 cm³/mol. The average molecular weight is 340 g/mol. The molecule has 1 aromatic carbocycles. The molecule has 3 aliphatic rings. The normalized spacial score (nSPS) is 29.2. The first-order chi connectivity index (χ1) is 11.4. The number of allylic oxidation sites excluding steroid dienone is 1. The summed E-state index contributed by atoms with van der Waals surface area (Å²) in [4.78, 5) is 12.8. The maximum atomic E-state index is 13.5. The Kier molecular flexibility index (Phi) is 3.38. The third-order valence-corrected chi connectivity index (χ3v) is 4.60. The van der Waals surface area contributed by atoms with Crippen LogP contribution in [0.25, 0.3) is 0 Å². The predicted octanol–water partition coefficient (Wildman–Crippen LogP) is 3.54. The minimum Gasteiger partial charge on any atom is -0.484 e. The van der Waals surface area contributed by atoms with Crippen LogP contribution in [0.1, 0.15) is 28.8 Å². The summed E-state index contributed by atoms with van der Waals surface area (Å²) in [6.45, 7) is 2.10. The molecule has 3 aliphatic heterocycles. The van der Waals surface area contributed by atoms with E-state index in [1.807, 2.05) is 0 Å². The second-order valence-corrected chi connectivity index (χ2v) is 6.27. The highest BCUT2D eigenvalue weighted by atomic mass is 19.4. The Bertz CT molecular complexity index is 738. The number of hydrogen-bond donors (Lipinski definition) is 0. The van der Waals surface area contributed by atoms with Gasteiger partial charge in [-0.2, -0.15) is 13.2 Å².